The van der Waals surface area contributed by atoms with Gasteiger partial charge in [-0.05, 0) is 12.8 Å². The molecule has 0 N–H and O–H groups in total. The first-order chi connectivity index (χ1) is 8.84. The largest absolute Gasteiger partial charge is 0.340 e. The van der Waals surface area contributed by atoms with E-state index in [9.17, 15) is 13.2 Å². The summed E-state index contributed by atoms with van der Waals surface area (Å²) in [6.07, 6.45) is 1.68. The Balaban J connectivity index is 2.61. The molecule has 0 aromatic carbocycles. The minimum absolute atomic E-state index is 0.0667. The lowest BCUT2D eigenvalue weighted by atomic mass is 10.0. The molecule has 1 heterocycles. The maximum absolute atomic E-state index is 12.2. The third kappa shape index (κ3) is 3.67. The van der Waals surface area contributed by atoms with Gasteiger partial charge in [-0.15, -0.1) is 0 Å². The van der Waals surface area contributed by atoms with Crippen LogP contribution in [0.2, 0.25) is 0 Å². The second kappa shape index (κ2) is 6.67. The molecule has 0 aliphatic carbocycles. The Morgan fingerprint density at radius 2 is 1.58 bits per heavy atom. The van der Waals surface area contributed by atoms with Gasteiger partial charge in [0, 0.05) is 46.2 Å². The SMILES string of the molecule is CCC(CC)C(=O)N1CCN(S(=O)(=O)N(C)C)CC1. The maximum Gasteiger partial charge on any atom is 0.281 e. The van der Waals surface area contributed by atoms with Crippen molar-refractivity contribution in [3.05, 3.63) is 0 Å². The molecule has 0 aromatic rings. The molecule has 1 saturated heterocycles. The third-order valence-electron chi connectivity index (χ3n) is 3.67. The normalized spacial score (nSPS) is 18.3. The molecule has 0 atom stereocenters. The molecule has 1 aliphatic rings. The zero-order valence-electron chi connectivity index (χ0n) is 12.3. The lowest BCUT2D eigenvalue weighted by Gasteiger charge is -2.36. The lowest BCUT2D eigenvalue weighted by Crippen LogP contribution is -2.54. The van der Waals surface area contributed by atoms with Gasteiger partial charge in [-0.3, -0.25) is 4.79 Å². The number of hydrogen-bond acceptors (Lipinski definition) is 3. The minimum Gasteiger partial charge on any atom is -0.340 e. The smallest absolute Gasteiger partial charge is 0.281 e. The summed E-state index contributed by atoms with van der Waals surface area (Å²) in [5, 5.41) is 0. The molecule has 6 nitrogen and oxygen atoms in total. The average molecular weight is 291 g/mol. The fourth-order valence-corrected chi connectivity index (χ4v) is 3.35. The summed E-state index contributed by atoms with van der Waals surface area (Å²) in [7, 11) is -0.302. The van der Waals surface area contributed by atoms with Crippen molar-refractivity contribution in [2.75, 3.05) is 40.3 Å². The number of hydrogen-bond donors (Lipinski definition) is 0. The van der Waals surface area contributed by atoms with Crippen LogP contribution < -0.4 is 0 Å². The molecular weight excluding hydrogens is 266 g/mol. The Labute approximate surface area is 116 Å². The molecule has 0 radical (unpaired) electrons. The van der Waals surface area contributed by atoms with E-state index in [2.05, 4.69) is 0 Å². The first kappa shape index (κ1) is 16.4. The second-order valence-electron chi connectivity index (χ2n) is 5.03. The Kier molecular flexibility index (Phi) is 5.76. The topological polar surface area (TPSA) is 60.9 Å². The summed E-state index contributed by atoms with van der Waals surface area (Å²) in [6.45, 7) is 5.77. The van der Waals surface area contributed by atoms with Crippen molar-refractivity contribution in [1.82, 2.24) is 13.5 Å². The summed E-state index contributed by atoms with van der Waals surface area (Å²) in [6, 6.07) is 0. The molecule has 1 aliphatic heterocycles. The van der Waals surface area contributed by atoms with E-state index in [4.69, 9.17) is 0 Å². The van der Waals surface area contributed by atoms with Gasteiger partial charge in [0.25, 0.3) is 10.2 Å². The number of carbonyl (C=O) groups excluding carboxylic acids is 1. The number of piperazine rings is 1. The van der Waals surface area contributed by atoms with Crippen LogP contribution in [0.3, 0.4) is 0 Å². The van der Waals surface area contributed by atoms with E-state index >= 15 is 0 Å². The van der Waals surface area contributed by atoms with E-state index in [0.717, 1.165) is 12.8 Å². The first-order valence-electron chi connectivity index (χ1n) is 6.80. The van der Waals surface area contributed by atoms with Crippen LogP contribution in [0.1, 0.15) is 26.7 Å². The highest BCUT2D eigenvalue weighted by Crippen LogP contribution is 2.15. The molecule has 1 fully saturated rings. The highest BCUT2D eigenvalue weighted by Gasteiger charge is 2.31. The molecule has 112 valence electrons. The van der Waals surface area contributed by atoms with E-state index in [0.29, 0.717) is 26.2 Å². The van der Waals surface area contributed by atoms with Crippen molar-refractivity contribution in [3.8, 4) is 0 Å². The van der Waals surface area contributed by atoms with Gasteiger partial charge in [0.15, 0.2) is 0 Å². The minimum atomic E-state index is -3.35. The highest BCUT2D eigenvalue weighted by molar-refractivity contribution is 7.86. The van der Waals surface area contributed by atoms with Gasteiger partial charge in [0.05, 0.1) is 0 Å². The maximum atomic E-state index is 12.2. The summed E-state index contributed by atoms with van der Waals surface area (Å²) < 4.78 is 26.6. The van der Waals surface area contributed by atoms with E-state index in [1.807, 2.05) is 13.8 Å². The van der Waals surface area contributed by atoms with Crippen LogP contribution >= 0.6 is 0 Å². The Morgan fingerprint density at radius 1 is 1.11 bits per heavy atom. The van der Waals surface area contributed by atoms with Crippen molar-refractivity contribution in [1.29, 1.82) is 0 Å². The van der Waals surface area contributed by atoms with Gasteiger partial charge < -0.3 is 4.90 Å². The quantitative estimate of drug-likeness (QED) is 0.735. The first-order valence-corrected chi connectivity index (χ1v) is 8.20. The van der Waals surface area contributed by atoms with Crippen LogP contribution in [0.5, 0.6) is 0 Å². The van der Waals surface area contributed by atoms with Gasteiger partial charge >= 0.3 is 0 Å². The molecule has 7 heteroatoms. The van der Waals surface area contributed by atoms with E-state index < -0.39 is 10.2 Å². The van der Waals surface area contributed by atoms with Crippen LogP contribution in [0, 0.1) is 5.92 Å². The summed E-state index contributed by atoms with van der Waals surface area (Å²) in [5.41, 5.74) is 0. The van der Waals surface area contributed by atoms with Gasteiger partial charge in [0.2, 0.25) is 5.91 Å². The van der Waals surface area contributed by atoms with Crippen molar-refractivity contribution in [2.24, 2.45) is 5.92 Å². The molecule has 0 unspecified atom stereocenters. The molecule has 0 saturated carbocycles. The molecule has 1 rings (SSSR count). The predicted octanol–water partition coefficient (Wildman–Crippen LogP) is 0.373. The van der Waals surface area contributed by atoms with Crippen molar-refractivity contribution in [2.45, 2.75) is 26.7 Å². The summed E-state index contributed by atoms with van der Waals surface area (Å²) in [5.74, 6) is 0.226. The Hall–Kier alpha value is -0.660. The highest BCUT2D eigenvalue weighted by atomic mass is 32.2. The van der Waals surface area contributed by atoms with Gasteiger partial charge in [-0.25, -0.2) is 0 Å². The number of nitrogens with zero attached hydrogens (tertiary/aromatic N) is 3. The Morgan fingerprint density at radius 3 is 1.95 bits per heavy atom. The van der Waals surface area contributed by atoms with Crippen molar-refractivity contribution < 1.29 is 13.2 Å². The van der Waals surface area contributed by atoms with Crippen LogP contribution in [0.4, 0.5) is 0 Å². The zero-order chi connectivity index (χ0) is 14.6. The van der Waals surface area contributed by atoms with Crippen molar-refractivity contribution in [3.63, 3.8) is 0 Å². The van der Waals surface area contributed by atoms with Crippen LogP contribution in [-0.2, 0) is 15.0 Å². The van der Waals surface area contributed by atoms with Crippen LogP contribution in [0.15, 0.2) is 0 Å². The van der Waals surface area contributed by atoms with Gasteiger partial charge in [0.1, 0.15) is 0 Å². The lowest BCUT2D eigenvalue weighted by molar-refractivity contribution is -0.137. The molecule has 0 spiro atoms. The van der Waals surface area contributed by atoms with Crippen LogP contribution in [0.25, 0.3) is 0 Å². The fourth-order valence-electron chi connectivity index (χ4n) is 2.27. The standard InChI is InChI=1S/C12H25N3O3S/c1-5-11(6-2)12(16)14-7-9-15(10-8-14)19(17,18)13(3)4/h11H,5-10H2,1-4H3. The molecule has 0 bridgehead atoms. The third-order valence-corrected chi connectivity index (χ3v) is 5.61. The van der Waals surface area contributed by atoms with E-state index in [1.165, 1.54) is 22.7 Å². The van der Waals surface area contributed by atoms with E-state index in [1.54, 1.807) is 4.90 Å². The van der Waals surface area contributed by atoms with Crippen molar-refractivity contribution >= 4 is 16.1 Å². The Bertz CT molecular complexity index is 396. The molecule has 1 amide bonds. The van der Waals surface area contributed by atoms with Gasteiger partial charge in [-0.1, -0.05) is 13.8 Å². The zero-order valence-corrected chi connectivity index (χ0v) is 13.1. The second-order valence-corrected chi connectivity index (χ2v) is 7.17. The number of carbonyl (C=O) groups is 1. The monoisotopic (exact) mass is 291 g/mol. The van der Waals surface area contributed by atoms with Crippen LogP contribution in [-0.4, -0.2) is 68.1 Å². The predicted molar refractivity (Wildman–Crippen MR) is 74.8 cm³/mol. The number of amides is 1. The molecule has 19 heavy (non-hydrogen) atoms. The number of rotatable bonds is 5. The molecular formula is C12H25N3O3S. The average Bonchev–Trinajstić information content (AvgIpc) is 2.40. The summed E-state index contributed by atoms with van der Waals surface area (Å²) >= 11 is 0. The summed E-state index contributed by atoms with van der Waals surface area (Å²) in [4.78, 5) is 14.0. The molecule has 0 aromatic heterocycles. The fraction of sp³-hybridized carbons (Fsp3) is 0.917. The van der Waals surface area contributed by atoms with E-state index in [-0.39, 0.29) is 11.8 Å². The van der Waals surface area contributed by atoms with Gasteiger partial charge in [-0.2, -0.15) is 17.0 Å².